The highest BCUT2D eigenvalue weighted by Crippen LogP contribution is 2.28. The molecule has 0 aliphatic carbocycles. The Bertz CT molecular complexity index is 307. The predicted octanol–water partition coefficient (Wildman–Crippen LogP) is 3.16. The Morgan fingerprint density at radius 3 is 2.54 bits per heavy atom. The number of hydrogen-bond donors (Lipinski definition) is 1. The van der Waals surface area contributed by atoms with E-state index < -0.39 is 0 Å². The van der Waals surface area contributed by atoms with Crippen LogP contribution in [0.1, 0.15) is 29.5 Å². The third-order valence-electron chi connectivity index (χ3n) is 2.23. The Morgan fingerprint density at radius 1 is 1.38 bits per heavy atom. The van der Waals surface area contributed by atoms with Crippen molar-refractivity contribution in [2.75, 3.05) is 6.61 Å². The van der Waals surface area contributed by atoms with Gasteiger partial charge in [-0.05, 0) is 25.0 Å². The van der Waals surface area contributed by atoms with Crippen molar-refractivity contribution < 1.29 is 5.11 Å². The topological polar surface area (TPSA) is 20.2 Å². The number of benzene rings is 1. The molecule has 0 aliphatic rings. The first-order valence-corrected chi connectivity index (χ1v) is 5.23. The van der Waals surface area contributed by atoms with E-state index in [1.807, 2.05) is 6.92 Å². The maximum absolute atomic E-state index is 9.07. The fourth-order valence-corrected chi connectivity index (χ4v) is 2.06. The number of rotatable bonds is 2. The van der Waals surface area contributed by atoms with Gasteiger partial charge in [0.15, 0.2) is 0 Å². The molecule has 0 aromatic heterocycles. The molecule has 0 saturated heterocycles. The first-order valence-electron chi connectivity index (χ1n) is 4.43. The standard InChI is InChI=1S/C11H15BrO/c1-7-4-8(2)11(12)10(5-7)9(3)6-13/h4-5,9,13H,6H2,1-3H3. The molecule has 0 aliphatic heterocycles. The van der Waals surface area contributed by atoms with E-state index in [9.17, 15) is 0 Å². The van der Waals surface area contributed by atoms with Crippen molar-refractivity contribution in [3.8, 4) is 0 Å². The summed E-state index contributed by atoms with van der Waals surface area (Å²) in [6.45, 7) is 6.37. The second-order valence-corrected chi connectivity index (χ2v) is 4.36. The van der Waals surface area contributed by atoms with E-state index in [-0.39, 0.29) is 12.5 Å². The fourth-order valence-electron chi connectivity index (χ4n) is 1.44. The van der Waals surface area contributed by atoms with Gasteiger partial charge in [-0.25, -0.2) is 0 Å². The van der Waals surface area contributed by atoms with Crippen LogP contribution in [0.3, 0.4) is 0 Å². The van der Waals surface area contributed by atoms with Gasteiger partial charge < -0.3 is 5.11 Å². The van der Waals surface area contributed by atoms with Crippen LogP contribution >= 0.6 is 15.9 Å². The van der Waals surface area contributed by atoms with E-state index in [1.54, 1.807) is 0 Å². The minimum absolute atomic E-state index is 0.196. The molecule has 0 radical (unpaired) electrons. The molecule has 72 valence electrons. The zero-order valence-electron chi connectivity index (χ0n) is 8.26. The predicted molar refractivity (Wildman–Crippen MR) is 59.1 cm³/mol. The van der Waals surface area contributed by atoms with Gasteiger partial charge in [-0.2, -0.15) is 0 Å². The van der Waals surface area contributed by atoms with Gasteiger partial charge >= 0.3 is 0 Å². The van der Waals surface area contributed by atoms with Crippen LogP contribution in [0.5, 0.6) is 0 Å². The number of aliphatic hydroxyl groups excluding tert-OH is 1. The Balaban J connectivity index is 3.20. The van der Waals surface area contributed by atoms with Gasteiger partial charge in [-0.3, -0.25) is 0 Å². The highest BCUT2D eigenvalue weighted by molar-refractivity contribution is 9.10. The molecule has 1 unspecified atom stereocenters. The first-order chi connectivity index (χ1) is 6.06. The Hall–Kier alpha value is -0.340. The van der Waals surface area contributed by atoms with Crippen LogP contribution in [0.4, 0.5) is 0 Å². The zero-order valence-corrected chi connectivity index (χ0v) is 9.85. The summed E-state index contributed by atoms with van der Waals surface area (Å²) in [6.07, 6.45) is 0. The van der Waals surface area contributed by atoms with Gasteiger partial charge in [0.05, 0.1) is 0 Å². The van der Waals surface area contributed by atoms with Crippen molar-refractivity contribution in [3.05, 3.63) is 33.3 Å². The lowest BCUT2D eigenvalue weighted by Gasteiger charge is -2.13. The molecule has 1 N–H and O–H groups in total. The van der Waals surface area contributed by atoms with Crippen LogP contribution in [0.25, 0.3) is 0 Å². The first kappa shape index (κ1) is 10.7. The van der Waals surface area contributed by atoms with Crippen molar-refractivity contribution in [1.29, 1.82) is 0 Å². The van der Waals surface area contributed by atoms with Crippen molar-refractivity contribution in [1.82, 2.24) is 0 Å². The van der Waals surface area contributed by atoms with Crippen molar-refractivity contribution in [2.45, 2.75) is 26.7 Å². The molecule has 1 atom stereocenters. The van der Waals surface area contributed by atoms with Gasteiger partial charge in [0.1, 0.15) is 0 Å². The number of aliphatic hydroxyl groups is 1. The van der Waals surface area contributed by atoms with E-state index in [2.05, 4.69) is 41.9 Å². The molecule has 0 bridgehead atoms. The van der Waals surface area contributed by atoms with Crippen molar-refractivity contribution in [3.63, 3.8) is 0 Å². The third kappa shape index (κ3) is 2.32. The van der Waals surface area contributed by atoms with E-state index in [4.69, 9.17) is 5.11 Å². The molecule has 0 amide bonds. The number of hydrogen-bond acceptors (Lipinski definition) is 1. The maximum Gasteiger partial charge on any atom is 0.0497 e. The van der Waals surface area contributed by atoms with Gasteiger partial charge in [-0.15, -0.1) is 0 Å². The Labute approximate surface area is 87.9 Å². The number of halogens is 1. The minimum atomic E-state index is 0.196. The lowest BCUT2D eigenvalue weighted by Crippen LogP contribution is -2.01. The average molecular weight is 243 g/mol. The molecule has 13 heavy (non-hydrogen) atoms. The molecule has 0 spiro atoms. The monoisotopic (exact) mass is 242 g/mol. The SMILES string of the molecule is Cc1cc(C)c(Br)c(C(C)CO)c1. The van der Waals surface area contributed by atoms with Crippen LogP contribution in [0.15, 0.2) is 16.6 Å². The zero-order chi connectivity index (χ0) is 10.0. The van der Waals surface area contributed by atoms with Gasteiger partial charge in [-0.1, -0.05) is 40.5 Å². The van der Waals surface area contributed by atoms with Crippen molar-refractivity contribution in [2.24, 2.45) is 0 Å². The molecule has 2 heteroatoms. The van der Waals surface area contributed by atoms with Crippen LogP contribution in [0, 0.1) is 13.8 Å². The molecule has 1 aromatic carbocycles. The summed E-state index contributed by atoms with van der Waals surface area (Å²) in [5.41, 5.74) is 3.67. The van der Waals surface area contributed by atoms with Gasteiger partial charge in [0, 0.05) is 17.0 Å². The quantitative estimate of drug-likeness (QED) is 0.845. The molecular formula is C11H15BrO. The maximum atomic E-state index is 9.07. The van der Waals surface area contributed by atoms with Crippen LogP contribution in [-0.2, 0) is 0 Å². The van der Waals surface area contributed by atoms with Crippen LogP contribution in [-0.4, -0.2) is 11.7 Å². The van der Waals surface area contributed by atoms with E-state index in [0.29, 0.717) is 0 Å². The molecule has 0 fully saturated rings. The molecule has 0 heterocycles. The van der Waals surface area contributed by atoms with Gasteiger partial charge in [0.25, 0.3) is 0 Å². The van der Waals surface area contributed by atoms with Crippen LogP contribution < -0.4 is 0 Å². The molecular weight excluding hydrogens is 228 g/mol. The summed E-state index contributed by atoms with van der Waals surface area (Å²) in [5, 5.41) is 9.07. The molecule has 1 rings (SSSR count). The average Bonchev–Trinajstić information content (AvgIpc) is 2.10. The van der Waals surface area contributed by atoms with Crippen molar-refractivity contribution >= 4 is 15.9 Å². The summed E-state index contributed by atoms with van der Waals surface area (Å²) in [7, 11) is 0. The Kier molecular flexibility index (Phi) is 3.51. The summed E-state index contributed by atoms with van der Waals surface area (Å²) in [5.74, 6) is 0.202. The lowest BCUT2D eigenvalue weighted by molar-refractivity contribution is 0.272. The minimum Gasteiger partial charge on any atom is -0.396 e. The van der Waals surface area contributed by atoms with Gasteiger partial charge in [0.2, 0.25) is 0 Å². The highest BCUT2D eigenvalue weighted by Gasteiger charge is 2.10. The smallest absolute Gasteiger partial charge is 0.0497 e. The van der Waals surface area contributed by atoms with E-state index >= 15 is 0 Å². The normalized spacial score (nSPS) is 13.0. The second kappa shape index (κ2) is 4.25. The molecule has 1 nitrogen and oxygen atoms in total. The lowest BCUT2D eigenvalue weighted by atomic mass is 9.98. The summed E-state index contributed by atoms with van der Waals surface area (Å²) < 4.78 is 1.12. The summed E-state index contributed by atoms with van der Waals surface area (Å²) >= 11 is 3.54. The highest BCUT2D eigenvalue weighted by atomic mass is 79.9. The van der Waals surface area contributed by atoms with E-state index in [0.717, 1.165) is 4.47 Å². The summed E-state index contributed by atoms with van der Waals surface area (Å²) in [6, 6.07) is 4.26. The van der Waals surface area contributed by atoms with Crippen LogP contribution in [0.2, 0.25) is 0 Å². The Morgan fingerprint density at radius 2 is 2.00 bits per heavy atom. The fraction of sp³-hybridized carbons (Fsp3) is 0.455. The second-order valence-electron chi connectivity index (χ2n) is 3.57. The third-order valence-corrected chi connectivity index (χ3v) is 3.32. The van der Waals surface area contributed by atoms with E-state index in [1.165, 1.54) is 16.7 Å². The molecule has 1 aromatic rings. The number of aryl methyl sites for hydroxylation is 2. The summed E-state index contributed by atoms with van der Waals surface area (Å²) in [4.78, 5) is 0. The molecule has 0 saturated carbocycles. The largest absolute Gasteiger partial charge is 0.396 e.